The molecular weight excluding hydrogens is 407 g/mol. The SMILES string of the molecule is CCOC(=O)c1c(-c2ncc(Cl)cn2)c(C)c(C(F)(F)F)n1Cc1ccccc1. The fourth-order valence-electron chi connectivity index (χ4n) is 3.16. The first kappa shape index (κ1) is 20.9. The average Bonchev–Trinajstić information content (AvgIpc) is 2.95. The van der Waals surface area contributed by atoms with Gasteiger partial charge in [-0.05, 0) is 25.0 Å². The molecule has 152 valence electrons. The highest BCUT2D eigenvalue weighted by Gasteiger charge is 2.42. The van der Waals surface area contributed by atoms with Gasteiger partial charge in [0.25, 0.3) is 0 Å². The van der Waals surface area contributed by atoms with E-state index in [4.69, 9.17) is 16.3 Å². The van der Waals surface area contributed by atoms with Gasteiger partial charge in [-0.1, -0.05) is 41.9 Å². The van der Waals surface area contributed by atoms with Crippen LogP contribution in [0.1, 0.15) is 34.2 Å². The third-order valence-electron chi connectivity index (χ3n) is 4.27. The van der Waals surface area contributed by atoms with Gasteiger partial charge < -0.3 is 9.30 Å². The first-order chi connectivity index (χ1) is 13.7. The Bertz CT molecular complexity index is 1020. The van der Waals surface area contributed by atoms with Crippen molar-refractivity contribution in [3.63, 3.8) is 0 Å². The fourth-order valence-corrected chi connectivity index (χ4v) is 3.26. The van der Waals surface area contributed by atoms with Crippen LogP contribution in [0, 0.1) is 6.92 Å². The molecule has 5 nitrogen and oxygen atoms in total. The molecule has 0 amide bonds. The summed E-state index contributed by atoms with van der Waals surface area (Å²) < 4.78 is 48.0. The van der Waals surface area contributed by atoms with Gasteiger partial charge in [0, 0.05) is 18.9 Å². The molecule has 0 radical (unpaired) electrons. The van der Waals surface area contributed by atoms with E-state index in [1.165, 1.54) is 19.3 Å². The molecule has 0 aliphatic carbocycles. The van der Waals surface area contributed by atoms with Crippen LogP contribution >= 0.6 is 11.6 Å². The fraction of sp³-hybridized carbons (Fsp3) is 0.250. The summed E-state index contributed by atoms with van der Waals surface area (Å²) in [5.74, 6) is -0.914. The van der Waals surface area contributed by atoms with Gasteiger partial charge in [-0.3, -0.25) is 0 Å². The molecule has 0 aliphatic heterocycles. The molecule has 9 heteroatoms. The van der Waals surface area contributed by atoms with Gasteiger partial charge in [-0.2, -0.15) is 13.2 Å². The van der Waals surface area contributed by atoms with E-state index < -0.39 is 17.8 Å². The van der Waals surface area contributed by atoms with Crippen molar-refractivity contribution in [2.24, 2.45) is 0 Å². The topological polar surface area (TPSA) is 57.0 Å². The number of alkyl halides is 3. The van der Waals surface area contributed by atoms with E-state index in [1.54, 1.807) is 37.3 Å². The van der Waals surface area contributed by atoms with Gasteiger partial charge in [0.1, 0.15) is 11.4 Å². The Kier molecular flexibility index (Phi) is 5.93. The van der Waals surface area contributed by atoms with Crippen molar-refractivity contribution in [3.05, 3.63) is 70.3 Å². The zero-order valence-electron chi connectivity index (χ0n) is 15.6. The number of ether oxygens (including phenoxy) is 1. The standard InChI is InChI=1S/C20H17ClF3N3O2/c1-3-29-19(28)16-15(18-25-9-14(21)10-26-18)12(2)17(20(22,23)24)27(16)11-13-7-5-4-6-8-13/h4-10H,3,11H2,1-2H3. The van der Waals surface area contributed by atoms with Crippen molar-refractivity contribution in [3.8, 4) is 11.4 Å². The molecule has 0 spiro atoms. The number of hydrogen-bond donors (Lipinski definition) is 0. The van der Waals surface area contributed by atoms with Crippen LogP contribution < -0.4 is 0 Å². The third-order valence-corrected chi connectivity index (χ3v) is 4.47. The molecule has 0 aliphatic rings. The zero-order chi connectivity index (χ0) is 21.2. The van der Waals surface area contributed by atoms with Crippen LogP contribution in [0.2, 0.25) is 5.02 Å². The highest BCUT2D eigenvalue weighted by atomic mass is 35.5. The van der Waals surface area contributed by atoms with Crippen molar-refractivity contribution in [2.45, 2.75) is 26.6 Å². The van der Waals surface area contributed by atoms with Crippen LogP contribution in [-0.4, -0.2) is 27.1 Å². The Labute approximate surface area is 170 Å². The number of carbonyl (C=O) groups is 1. The van der Waals surface area contributed by atoms with E-state index in [0.29, 0.717) is 5.56 Å². The quantitative estimate of drug-likeness (QED) is 0.532. The van der Waals surface area contributed by atoms with Crippen molar-refractivity contribution in [2.75, 3.05) is 6.61 Å². The van der Waals surface area contributed by atoms with Crippen molar-refractivity contribution < 1.29 is 22.7 Å². The molecule has 2 aromatic heterocycles. The van der Waals surface area contributed by atoms with Crippen LogP contribution in [0.4, 0.5) is 13.2 Å². The molecule has 0 unspecified atom stereocenters. The Hall–Kier alpha value is -2.87. The van der Waals surface area contributed by atoms with Crippen molar-refractivity contribution in [1.82, 2.24) is 14.5 Å². The van der Waals surface area contributed by atoms with E-state index >= 15 is 0 Å². The van der Waals surface area contributed by atoms with Gasteiger partial charge in [0.2, 0.25) is 0 Å². The molecule has 3 aromatic rings. The Balaban J connectivity index is 2.32. The summed E-state index contributed by atoms with van der Waals surface area (Å²) in [6.07, 6.45) is -2.18. The second-order valence-electron chi connectivity index (χ2n) is 6.21. The number of carbonyl (C=O) groups excluding carboxylic acids is 1. The Morgan fingerprint density at radius 1 is 1.17 bits per heavy atom. The van der Waals surface area contributed by atoms with Crippen LogP contribution in [0.25, 0.3) is 11.4 Å². The number of nitrogens with zero attached hydrogens (tertiary/aromatic N) is 3. The summed E-state index contributed by atoms with van der Waals surface area (Å²) in [5, 5.41) is 0.226. The number of benzene rings is 1. The highest BCUT2D eigenvalue weighted by molar-refractivity contribution is 6.30. The Morgan fingerprint density at radius 3 is 2.34 bits per heavy atom. The molecule has 3 rings (SSSR count). The minimum atomic E-state index is -4.70. The molecule has 0 saturated heterocycles. The molecule has 1 aromatic carbocycles. The third kappa shape index (κ3) is 4.27. The van der Waals surface area contributed by atoms with Gasteiger partial charge in [-0.15, -0.1) is 0 Å². The molecule has 0 fully saturated rings. The van der Waals surface area contributed by atoms with Crippen LogP contribution in [0.5, 0.6) is 0 Å². The number of aromatic nitrogens is 3. The highest BCUT2D eigenvalue weighted by Crippen LogP contribution is 2.40. The summed E-state index contributed by atoms with van der Waals surface area (Å²) in [7, 11) is 0. The average molecular weight is 424 g/mol. The monoisotopic (exact) mass is 423 g/mol. The number of esters is 1. The molecular formula is C20H17ClF3N3O2. The molecule has 2 heterocycles. The lowest BCUT2D eigenvalue weighted by molar-refractivity contribution is -0.143. The predicted molar refractivity (Wildman–Crippen MR) is 102 cm³/mol. The number of halogens is 4. The summed E-state index contributed by atoms with van der Waals surface area (Å²) >= 11 is 5.81. The summed E-state index contributed by atoms with van der Waals surface area (Å²) in [6.45, 7) is 2.72. The van der Waals surface area contributed by atoms with E-state index in [0.717, 1.165) is 4.57 Å². The maximum atomic E-state index is 14.0. The van der Waals surface area contributed by atoms with Crippen LogP contribution in [0.3, 0.4) is 0 Å². The largest absolute Gasteiger partial charge is 0.461 e. The first-order valence-electron chi connectivity index (χ1n) is 8.73. The number of rotatable bonds is 5. The second-order valence-corrected chi connectivity index (χ2v) is 6.65. The van der Waals surface area contributed by atoms with E-state index in [1.807, 2.05) is 0 Å². The second kappa shape index (κ2) is 8.24. The maximum Gasteiger partial charge on any atom is 0.431 e. The predicted octanol–water partition coefficient (Wildman–Crippen LogP) is 5.15. The Morgan fingerprint density at radius 2 is 1.79 bits per heavy atom. The molecule has 0 atom stereocenters. The molecule has 0 N–H and O–H groups in total. The summed E-state index contributed by atoms with van der Waals surface area (Å²) in [4.78, 5) is 20.8. The van der Waals surface area contributed by atoms with Crippen molar-refractivity contribution >= 4 is 17.6 Å². The maximum absolute atomic E-state index is 14.0. The molecule has 0 bridgehead atoms. The first-order valence-corrected chi connectivity index (χ1v) is 9.11. The van der Waals surface area contributed by atoms with Crippen molar-refractivity contribution in [1.29, 1.82) is 0 Å². The zero-order valence-corrected chi connectivity index (χ0v) is 16.4. The minimum absolute atomic E-state index is 0.0106. The van der Waals surface area contributed by atoms with E-state index in [9.17, 15) is 18.0 Å². The van der Waals surface area contributed by atoms with Gasteiger partial charge in [0.15, 0.2) is 5.82 Å². The van der Waals surface area contributed by atoms with Crippen LogP contribution in [-0.2, 0) is 17.5 Å². The summed E-state index contributed by atoms with van der Waals surface area (Å²) in [5.41, 5.74) is -0.773. The van der Waals surface area contributed by atoms with E-state index in [2.05, 4.69) is 9.97 Å². The van der Waals surface area contributed by atoms with Crippen LogP contribution in [0.15, 0.2) is 42.7 Å². The lowest BCUT2D eigenvalue weighted by Gasteiger charge is -2.15. The molecule has 0 saturated carbocycles. The number of hydrogen-bond acceptors (Lipinski definition) is 4. The lowest BCUT2D eigenvalue weighted by atomic mass is 10.1. The molecule has 29 heavy (non-hydrogen) atoms. The smallest absolute Gasteiger partial charge is 0.431 e. The normalized spacial score (nSPS) is 11.5. The van der Waals surface area contributed by atoms with Gasteiger partial charge in [0.05, 0.1) is 17.2 Å². The summed E-state index contributed by atoms with van der Waals surface area (Å²) in [6, 6.07) is 8.55. The lowest BCUT2D eigenvalue weighted by Crippen LogP contribution is -2.20. The van der Waals surface area contributed by atoms with E-state index in [-0.39, 0.29) is 40.8 Å². The minimum Gasteiger partial charge on any atom is -0.461 e. The van der Waals surface area contributed by atoms with Gasteiger partial charge in [-0.25, -0.2) is 14.8 Å². The van der Waals surface area contributed by atoms with Gasteiger partial charge >= 0.3 is 12.1 Å².